The van der Waals surface area contributed by atoms with E-state index in [-0.39, 0.29) is 11.4 Å². The van der Waals surface area contributed by atoms with Gasteiger partial charge in [0.05, 0.1) is 5.69 Å². The number of aromatic amines is 1. The molecule has 0 aliphatic carbocycles. The summed E-state index contributed by atoms with van der Waals surface area (Å²) >= 11 is 0. The molecule has 1 aromatic heterocycles. The summed E-state index contributed by atoms with van der Waals surface area (Å²) < 4.78 is 14.8. The molecule has 0 unspecified atom stereocenters. The molecular formula is C14H18FN3O. The van der Waals surface area contributed by atoms with Gasteiger partial charge in [-0.25, -0.2) is 4.39 Å². The van der Waals surface area contributed by atoms with Crippen molar-refractivity contribution >= 4 is 0 Å². The normalized spacial score (nSPS) is 10.9. The van der Waals surface area contributed by atoms with E-state index in [2.05, 4.69) is 10.4 Å². The zero-order valence-corrected chi connectivity index (χ0v) is 11.4. The first kappa shape index (κ1) is 13.5. The molecule has 0 amide bonds. The number of hydrogen-bond acceptors (Lipinski definition) is 2. The fourth-order valence-corrected chi connectivity index (χ4v) is 2.12. The molecule has 5 heteroatoms. The summed E-state index contributed by atoms with van der Waals surface area (Å²) in [5.74, 6) is -0.237. The van der Waals surface area contributed by atoms with Gasteiger partial charge in [-0.1, -0.05) is 0 Å². The molecule has 2 rings (SSSR count). The number of aryl methyl sites for hydroxylation is 2. The van der Waals surface area contributed by atoms with Gasteiger partial charge in [0.1, 0.15) is 5.82 Å². The van der Waals surface area contributed by atoms with E-state index < -0.39 is 0 Å². The summed E-state index contributed by atoms with van der Waals surface area (Å²) in [4.78, 5) is 12.1. The van der Waals surface area contributed by atoms with Crippen LogP contribution in [0.3, 0.4) is 0 Å². The molecule has 19 heavy (non-hydrogen) atoms. The predicted octanol–water partition coefficient (Wildman–Crippen LogP) is 1.59. The minimum absolute atomic E-state index is 0.0350. The van der Waals surface area contributed by atoms with Crippen molar-refractivity contribution in [2.24, 2.45) is 7.05 Å². The minimum Gasteiger partial charge on any atom is -0.319 e. The Bertz CT molecular complexity index is 643. The van der Waals surface area contributed by atoms with Crippen molar-refractivity contribution in [1.82, 2.24) is 15.1 Å². The lowest BCUT2D eigenvalue weighted by molar-refractivity contribution is 0.618. The zero-order valence-electron chi connectivity index (χ0n) is 11.4. The highest BCUT2D eigenvalue weighted by molar-refractivity contribution is 5.63. The first-order valence-corrected chi connectivity index (χ1v) is 6.23. The number of halogens is 1. The van der Waals surface area contributed by atoms with Gasteiger partial charge in [-0.2, -0.15) is 0 Å². The maximum atomic E-state index is 13.3. The molecule has 0 atom stereocenters. The summed E-state index contributed by atoms with van der Waals surface area (Å²) in [5, 5.41) is 6.07. The number of H-pyrrole nitrogens is 1. The number of benzene rings is 1. The average Bonchev–Trinajstić information content (AvgIpc) is 2.67. The Morgan fingerprint density at radius 1 is 1.42 bits per heavy atom. The van der Waals surface area contributed by atoms with E-state index in [1.807, 2.05) is 7.05 Å². The van der Waals surface area contributed by atoms with Crippen molar-refractivity contribution in [3.8, 4) is 11.3 Å². The molecule has 1 aromatic carbocycles. The van der Waals surface area contributed by atoms with Crippen LogP contribution in [0.4, 0.5) is 4.39 Å². The fourth-order valence-electron chi connectivity index (χ4n) is 2.12. The number of nitrogens with zero attached hydrogens (tertiary/aromatic N) is 1. The standard InChI is InChI=1S/C14H18FN3O/c1-9-8-10(4-5-12(9)15)13-11(6-7-16-2)14(19)18(3)17-13/h4-5,8,16-17H,6-7H2,1-3H3. The highest BCUT2D eigenvalue weighted by atomic mass is 19.1. The maximum absolute atomic E-state index is 13.3. The quantitative estimate of drug-likeness (QED) is 0.880. The largest absolute Gasteiger partial charge is 0.319 e. The van der Waals surface area contributed by atoms with Crippen LogP contribution in [0.1, 0.15) is 11.1 Å². The van der Waals surface area contributed by atoms with Gasteiger partial charge < -0.3 is 5.32 Å². The Morgan fingerprint density at radius 3 is 2.79 bits per heavy atom. The van der Waals surface area contributed by atoms with Gasteiger partial charge in [-0.15, -0.1) is 0 Å². The summed E-state index contributed by atoms with van der Waals surface area (Å²) in [6, 6.07) is 4.87. The monoisotopic (exact) mass is 263 g/mol. The van der Waals surface area contributed by atoms with Crippen LogP contribution in [-0.4, -0.2) is 23.4 Å². The van der Waals surface area contributed by atoms with E-state index in [9.17, 15) is 9.18 Å². The number of nitrogens with one attached hydrogen (secondary N) is 2. The molecule has 0 saturated carbocycles. The van der Waals surface area contributed by atoms with Gasteiger partial charge in [-0.3, -0.25) is 14.6 Å². The molecule has 0 aliphatic heterocycles. The summed E-state index contributed by atoms with van der Waals surface area (Å²) in [5.41, 5.74) is 2.87. The highest BCUT2D eigenvalue weighted by Gasteiger charge is 2.14. The van der Waals surface area contributed by atoms with Gasteiger partial charge in [0.2, 0.25) is 0 Å². The predicted molar refractivity (Wildman–Crippen MR) is 73.8 cm³/mol. The third-order valence-electron chi connectivity index (χ3n) is 3.22. The molecule has 4 nitrogen and oxygen atoms in total. The van der Waals surface area contributed by atoms with E-state index in [0.717, 1.165) is 23.4 Å². The van der Waals surface area contributed by atoms with Crippen LogP contribution in [0.15, 0.2) is 23.0 Å². The third-order valence-corrected chi connectivity index (χ3v) is 3.22. The number of hydrogen-bond donors (Lipinski definition) is 2. The number of rotatable bonds is 4. The second-order valence-electron chi connectivity index (χ2n) is 4.65. The highest BCUT2D eigenvalue weighted by Crippen LogP contribution is 2.22. The van der Waals surface area contributed by atoms with Gasteiger partial charge in [0.15, 0.2) is 0 Å². The van der Waals surface area contributed by atoms with Crippen LogP contribution < -0.4 is 10.9 Å². The Labute approximate surface area is 111 Å². The Morgan fingerprint density at radius 2 is 2.16 bits per heavy atom. The van der Waals surface area contributed by atoms with Crippen LogP contribution >= 0.6 is 0 Å². The Balaban J connectivity index is 2.51. The van der Waals surface area contributed by atoms with Gasteiger partial charge >= 0.3 is 0 Å². The number of likely N-dealkylation sites (N-methyl/N-ethyl adjacent to an activating group) is 1. The fraction of sp³-hybridized carbons (Fsp3) is 0.357. The van der Waals surface area contributed by atoms with Gasteiger partial charge in [0, 0.05) is 18.2 Å². The van der Waals surface area contributed by atoms with E-state index in [4.69, 9.17) is 0 Å². The molecule has 102 valence electrons. The van der Waals surface area contributed by atoms with Crippen molar-refractivity contribution in [2.45, 2.75) is 13.3 Å². The van der Waals surface area contributed by atoms with Crippen LogP contribution in [0, 0.1) is 12.7 Å². The molecule has 0 aliphatic rings. The maximum Gasteiger partial charge on any atom is 0.270 e. The van der Waals surface area contributed by atoms with Gasteiger partial charge in [-0.05, 0) is 50.7 Å². The Kier molecular flexibility index (Phi) is 3.85. The van der Waals surface area contributed by atoms with Gasteiger partial charge in [0.25, 0.3) is 5.56 Å². The minimum atomic E-state index is -0.237. The van der Waals surface area contributed by atoms with E-state index in [1.165, 1.54) is 10.7 Å². The summed E-state index contributed by atoms with van der Waals surface area (Å²) in [6.07, 6.45) is 0.637. The lowest BCUT2D eigenvalue weighted by Gasteiger charge is -2.04. The smallest absolute Gasteiger partial charge is 0.270 e. The summed E-state index contributed by atoms with van der Waals surface area (Å²) in [7, 11) is 3.53. The van der Waals surface area contributed by atoms with Crippen LogP contribution in [-0.2, 0) is 13.5 Å². The van der Waals surface area contributed by atoms with Crippen molar-refractivity contribution in [3.63, 3.8) is 0 Å². The van der Waals surface area contributed by atoms with Crippen molar-refractivity contribution in [1.29, 1.82) is 0 Å². The molecule has 0 bridgehead atoms. The summed E-state index contributed by atoms with van der Waals surface area (Å²) in [6.45, 7) is 2.44. The van der Waals surface area contributed by atoms with E-state index in [1.54, 1.807) is 26.1 Å². The molecule has 2 aromatic rings. The second-order valence-corrected chi connectivity index (χ2v) is 4.65. The SMILES string of the molecule is CNCCc1c(-c2ccc(F)c(C)c2)[nH]n(C)c1=O. The van der Waals surface area contributed by atoms with E-state index in [0.29, 0.717) is 12.0 Å². The molecule has 0 spiro atoms. The Hall–Kier alpha value is -1.88. The molecule has 0 saturated heterocycles. The molecule has 0 radical (unpaired) electrons. The van der Waals surface area contributed by atoms with Crippen molar-refractivity contribution < 1.29 is 4.39 Å². The first-order valence-electron chi connectivity index (χ1n) is 6.23. The average molecular weight is 263 g/mol. The second kappa shape index (κ2) is 5.40. The first-order chi connectivity index (χ1) is 9.04. The van der Waals surface area contributed by atoms with E-state index >= 15 is 0 Å². The zero-order chi connectivity index (χ0) is 14.0. The molecule has 1 heterocycles. The van der Waals surface area contributed by atoms with Crippen LogP contribution in [0.5, 0.6) is 0 Å². The topological polar surface area (TPSA) is 49.8 Å². The third kappa shape index (κ3) is 2.61. The molecule has 0 fully saturated rings. The van der Waals surface area contributed by atoms with Crippen LogP contribution in [0.2, 0.25) is 0 Å². The molecular weight excluding hydrogens is 245 g/mol. The number of aromatic nitrogens is 2. The van der Waals surface area contributed by atoms with Crippen LogP contribution in [0.25, 0.3) is 11.3 Å². The van der Waals surface area contributed by atoms with Crippen molar-refractivity contribution in [3.05, 3.63) is 45.5 Å². The lowest BCUT2D eigenvalue weighted by atomic mass is 10.0. The van der Waals surface area contributed by atoms with Crippen molar-refractivity contribution in [2.75, 3.05) is 13.6 Å². The molecule has 2 N–H and O–H groups in total. The lowest BCUT2D eigenvalue weighted by Crippen LogP contribution is -2.19.